The van der Waals surface area contributed by atoms with Gasteiger partial charge in [-0.05, 0) is 36.4 Å². The van der Waals surface area contributed by atoms with Gasteiger partial charge in [0.05, 0.1) is 24.7 Å². The summed E-state index contributed by atoms with van der Waals surface area (Å²) in [6.07, 6.45) is 1.60. The van der Waals surface area contributed by atoms with Crippen LogP contribution in [0.4, 0.5) is 5.82 Å². The summed E-state index contributed by atoms with van der Waals surface area (Å²) in [4.78, 5) is 22.7. The lowest BCUT2D eigenvalue weighted by molar-refractivity contribution is -0.136. The number of benzene rings is 2. The number of aliphatic carboxylic acids is 1. The van der Waals surface area contributed by atoms with Crippen LogP contribution in [0.5, 0.6) is 0 Å². The van der Waals surface area contributed by atoms with Crippen LogP contribution in [0.15, 0.2) is 75.8 Å². The summed E-state index contributed by atoms with van der Waals surface area (Å²) in [7, 11) is 0. The molecular formula is C22H18BrN3O3. The smallest absolute Gasteiger partial charge is 0.305 e. The number of aromatic nitrogens is 2. The predicted molar refractivity (Wildman–Crippen MR) is 115 cm³/mol. The quantitative estimate of drug-likeness (QED) is 0.419. The second kappa shape index (κ2) is 8.45. The molecule has 7 heteroatoms. The molecule has 2 heterocycles. The van der Waals surface area contributed by atoms with Crippen LogP contribution in [0, 0.1) is 0 Å². The molecule has 0 bridgehead atoms. The number of carbonyl (C=O) groups is 1. The number of anilines is 1. The Morgan fingerprint density at radius 2 is 1.93 bits per heavy atom. The number of rotatable bonds is 7. The molecular weight excluding hydrogens is 434 g/mol. The normalized spacial score (nSPS) is 10.9. The monoisotopic (exact) mass is 451 g/mol. The van der Waals surface area contributed by atoms with Gasteiger partial charge in [0, 0.05) is 22.0 Å². The molecule has 0 aliphatic heterocycles. The molecule has 2 aromatic carbocycles. The Morgan fingerprint density at radius 1 is 1.07 bits per heavy atom. The fraction of sp³-hybridized carbons (Fsp3) is 0.136. The third-order valence-corrected chi connectivity index (χ3v) is 4.98. The summed E-state index contributed by atoms with van der Waals surface area (Å²) in [5.41, 5.74) is 1.68. The first kappa shape index (κ1) is 19.1. The molecule has 0 aliphatic carbocycles. The Labute approximate surface area is 176 Å². The highest BCUT2D eigenvalue weighted by atomic mass is 79.9. The molecule has 0 amide bonds. The van der Waals surface area contributed by atoms with E-state index in [-0.39, 0.29) is 6.42 Å². The predicted octanol–water partition coefficient (Wildman–Crippen LogP) is 5.13. The van der Waals surface area contributed by atoms with E-state index in [0.717, 1.165) is 26.7 Å². The minimum absolute atomic E-state index is 0.00867. The summed E-state index contributed by atoms with van der Waals surface area (Å²) in [6, 6.07) is 19.2. The molecule has 4 rings (SSSR count). The first-order valence-electron chi connectivity index (χ1n) is 9.12. The van der Waals surface area contributed by atoms with Crippen LogP contribution in [0.3, 0.4) is 0 Å². The molecule has 0 aliphatic rings. The van der Waals surface area contributed by atoms with Gasteiger partial charge in [-0.1, -0.05) is 40.2 Å². The van der Waals surface area contributed by atoms with Gasteiger partial charge in [0.15, 0.2) is 5.82 Å². The average Bonchev–Trinajstić information content (AvgIpc) is 3.23. The van der Waals surface area contributed by atoms with Crippen LogP contribution in [-0.2, 0) is 11.3 Å². The Kier molecular flexibility index (Phi) is 5.57. The van der Waals surface area contributed by atoms with Crippen molar-refractivity contribution in [3.05, 3.63) is 77.2 Å². The first-order chi connectivity index (χ1) is 14.1. The minimum atomic E-state index is -0.861. The van der Waals surface area contributed by atoms with E-state index < -0.39 is 5.97 Å². The Balaban J connectivity index is 1.84. The van der Waals surface area contributed by atoms with Gasteiger partial charge in [0.25, 0.3) is 0 Å². The lowest BCUT2D eigenvalue weighted by Gasteiger charge is -2.24. The maximum absolute atomic E-state index is 11.2. The summed E-state index contributed by atoms with van der Waals surface area (Å²) < 4.78 is 6.43. The van der Waals surface area contributed by atoms with Crippen LogP contribution >= 0.6 is 15.9 Å². The van der Waals surface area contributed by atoms with Gasteiger partial charge in [-0.15, -0.1) is 0 Å². The largest absolute Gasteiger partial charge is 0.481 e. The molecule has 146 valence electrons. The first-order valence-corrected chi connectivity index (χ1v) is 9.91. The molecule has 0 radical (unpaired) electrons. The van der Waals surface area contributed by atoms with E-state index in [1.807, 2.05) is 65.6 Å². The van der Waals surface area contributed by atoms with Crippen molar-refractivity contribution in [2.24, 2.45) is 0 Å². The van der Waals surface area contributed by atoms with Crippen LogP contribution in [0.25, 0.3) is 22.3 Å². The molecule has 0 fully saturated rings. The molecule has 0 unspecified atom stereocenters. The lowest BCUT2D eigenvalue weighted by Crippen LogP contribution is -2.27. The minimum Gasteiger partial charge on any atom is -0.481 e. The maximum atomic E-state index is 11.2. The van der Waals surface area contributed by atoms with Crippen molar-refractivity contribution in [3.63, 3.8) is 0 Å². The van der Waals surface area contributed by atoms with Gasteiger partial charge < -0.3 is 14.4 Å². The van der Waals surface area contributed by atoms with Gasteiger partial charge in [0.2, 0.25) is 0 Å². The van der Waals surface area contributed by atoms with Crippen molar-refractivity contribution in [1.82, 2.24) is 9.97 Å². The number of furan rings is 1. The number of fused-ring (bicyclic) bond motifs is 1. The third kappa shape index (κ3) is 4.46. The van der Waals surface area contributed by atoms with Crippen molar-refractivity contribution in [2.75, 3.05) is 11.4 Å². The van der Waals surface area contributed by atoms with Gasteiger partial charge in [0.1, 0.15) is 11.6 Å². The number of hydrogen-bond acceptors (Lipinski definition) is 5. The molecule has 29 heavy (non-hydrogen) atoms. The van der Waals surface area contributed by atoms with Crippen molar-refractivity contribution >= 4 is 38.6 Å². The fourth-order valence-electron chi connectivity index (χ4n) is 3.14. The van der Waals surface area contributed by atoms with Crippen molar-refractivity contribution < 1.29 is 14.3 Å². The number of nitrogens with zero attached hydrogens (tertiary/aromatic N) is 3. The van der Waals surface area contributed by atoms with E-state index in [9.17, 15) is 9.90 Å². The van der Waals surface area contributed by atoms with E-state index >= 15 is 0 Å². The van der Waals surface area contributed by atoms with Crippen molar-refractivity contribution in [2.45, 2.75) is 13.0 Å². The van der Waals surface area contributed by atoms with E-state index in [1.165, 1.54) is 0 Å². The summed E-state index contributed by atoms with van der Waals surface area (Å²) in [6.45, 7) is 0.716. The fourth-order valence-corrected chi connectivity index (χ4v) is 3.54. The second-order valence-electron chi connectivity index (χ2n) is 6.54. The van der Waals surface area contributed by atoms with E-state index in [0.29, 0.717) is 24.7 Å². The molecule has 0 saturated carbocycles. The highest BCUT2D eigenvalue weighted by Crippen LogP contribution is 2.29. The number of carboxylic acid groups (broad SMARTS) is 1. The molecule has 4 aromatic rings. The lowest BCUT2D eigenvalue weighted by atomic mass is 10.1. The van der Waals surface area contributed by atoms with E-state index in [2.05, 4.69) is 15.9 Å². The molecule has 6 nitrogen and oxygen atoms in total. The van der Waals surface area contributed by atoms with Crippen LogP contribution in [0.1, 0.15) is 12.2 Å². The zero-order valence-electron chi connectivity index (χ0n) is 15.5. The Morgan fingerprint density at radius 3 is 2.69 bits per heavy atom. The molecule has 1 N–H and O–H groups in total. The van der Waals surface area contributed by atoms with Crippen LogP contribution in [0.2, 0.25) is 0 Å². The number of hydrogen-bond donors (Lipinski definition) is 1. The van der Waals surface area contributed by atoms with Crippen LogP contribution in [-0.4, -0.2) is 27.6 Å². The zero-order chi connectivity index (χ0) is 20.2. The highest BCUT2D eigenvalue weighted by Gasteiger charge is 2.18. The SMILES string of the molecule is O=C(O)CCN(Cc1ccco1)c1nc(-c2cccc(Br)c2)nc2ccccc12. The summed E-state index contributed by atoms with van der Waals surface area (Å²) in [5, 5.41) is 10.1. The topological polar surface area (TPSA) is 79.5 Å². The highest BCUT2D eigenvalue weighted by molar-refractivity contribution is 9.10. The molecule has 0 atom stereocenters. The summed E-state index contributed by atoms with van der Waals surface area (Å²) >= 11 is 3.49. The number of para-hydroxylation sites is 1. The molecule has 0 saturated heterocycles. The standard InChI is InChI=1S/C22H18BrN3O3/c23-16-6-3-5-15(13-16)21-24-19-9-2-1-8-18(19)22(25-21)26(11-10-20(27)28)14-17-7-4-12-29-17/h1-9,12-13H,10-11,14H2,(H,27,28). The van der Waals surface area contributed by atoms with Crippen molar-refractivity contribution in [3.8, 4) is 11.4 Å². The van der Waals surface area contributed by atoms with Crippen molar-refractivity contribution in [1.29, 1.82) is 0 Å². The van der Waals surface area contributed by atoms with Gasteiger partial charge >= 0.3 is 5.97 Å². The second-order valence-corrected chi connectivity index (χ2v) is 7.46. The maximum Gasteiger partial charge on any atom is 0.305 e. The van der Waals surface area contributed by atoms with Crippen LogP contribution < -0.4 is 4.90 Å². The van der Waals surface area contributed by atoms with Gasteiger partial charge in [-0.3, -0.25) is 4.79 Å². The molecule has 2 aromatic heterocycles. The average molecular weight is 452 g/mol. The summed E-state index contributed by atoms with van der Waals surface area (Å²) in [5.74, 6) is 1.14. The zero-order valence-corrected chi connectivity index (χ0v) is 17.0. The van der Waals surface area contributed by atoms with E-state index in [4.69, 9.17) is 14.4 Å². The van der Waals surface area contributed by atoms with Gasteiger partial charge in [-0.2, -0.15) is 0 Å². The third-order valence-electron chi connectivity index (χ3n) is 4.49. The van der Waals surface area contributed by atoms with E-state index in [1.54, 1.807) is 6.26 Å². The molecule has 0 spiro atoms. The number of carboxylic acids is 1. The Hall–Kier alpha value is -3.19. The Bertz CT molecular complexity index is 1150. The number of halogens is 1. The van der Waals surface area contributed by atoms with Gasteiger partial charge in [-0.25, -0.2) is 9.97 Å².